The predicted octanol–water partition coefficient (Wildman–Crippen LogP) is 4.43. The number of nitriles is 1. The quantitative estimate of drug-likeness (QED) is 0.598. The van der Waals surface area contributed by atoms with Gasteiger partial charge in [0.25, 0.3) is 0 Å². The van der Waals surface area contributed by atoms with Crippen LogP contribution in [-0.4, -0.2) is 25.0 Å². The number of thioether (sulfide) groups is 1. The molecule has 1 aromatic rings. The second-order valence-electron chi connectivity index (χ2n) is 5.28. The SMILES string of the molecule is CCSc1cccc(NCCOC2CCCCC2)c1C#N. The van der Waals surface area contributed by atoms with Crippen molar-refractivity contribution in [3.05, 3.63) is 23.8 Å². The van der Waals surface area contributed by atoms with Crippen molar-refractivity contribution in [1.29, 1.82) is 5.26 Å². The average molecular weight is 304 g/mol. The summed E-state index contributed by atoms with van der Waals surface area (Å²) in [5.41, 5.74) is 1.67. The zero-order valence-corrected chi connectivity index (χ0v) is 13.5. The summed E-state index contributed by atoms with van der Waals surface area (Å²) in [6.45, 7) is 3.57. The summed E-state index contributed by atoms with van der Waals surface area (Å²) < 4.78 is 5.91. The number of benzene rings is 1. The van der Waals surface area contributed by atoms with Gasteiger partial charge in [0.05, 0.1) is 24.0 Å². The summed E-state index contributed by atoms with van der Waals surface area (Å²) in [5.74, 6) is 0.975. The minimum absolute atomic E-state index is 0.443. The van der Waals surface area contributed by atoms with Crippen molar-refractivity contribution >= 4 is 17.4 Å². The van der Waals surface area contributed by atoms with E-state index in [1.165, 1.54) is 32.1 Å². The zero-order valence-electron chi connectivity index (χ0n) is 12.7. The summed E-state index contributed by atoms with van der Waals surface area (Å²) in [6, 6.07) is 8.30. The van der Waals surface area contributed by atoms with Crippen LogP contribution >= 0.6 is 11.8 Å². The number of ether oxygens (including phenoxy) is 1. The van der Waals surface area contributed by atoms with Crippen LogP contribution in [0.2, 0.25) is 0 Å². The normalized spacial score (nSPS) is 15.6. The lowest BCUT2D eigenvalue weighted by molar-refractivity contribution is 0.0347. The molecule has 0 saturated heterocycles. The number of hydrogen-bond acceptors (Lipinski definition) is 4. The number of anilines is 1. The number of hydrogen-bond donors (Lipinski definition) is 1. The van der Waals surface area contributed by atoms with Gasteiger partial charge in [-0.25, -0.2) is 0 Å². The molecule has 0 spiro atoms. The minimum Gasteiger partial charge on any atom is -0.382 e. The summed E-state index contributed by atoms with van der Waals surface area (Å²) in [7, 11) is 0. The first-order valence-electron chi connectivity index (χ1n) is 7.86. The largest absolute Gasteiger partial charge is 0.382 e. The Balaban J connectivity index is 1.82. The van der Waals surface area contributed by atoms with Crippen LogP contribution in [0.4, 0.5) is 5.69 Å². The number of rotatable bonds is 7. The summed E-state index contributed by atoms with van der Waals surface area (Å²) in [6.07, 6.45) is 6.79. The second kappa shape index (κ2) is 8.96. The summed E-state index contributed by atoms with van der Waals surface area (Å²) in [5, 5.41) is 12.7. The monoisotopic (exact) mass is 304 g/mol. The van der Waals surface area contributed by atoms with E-state index < -0.39 is 0 Å². The molecule has 1 N–H and O–H groups in total. The van der Waals surface area contributed by atoms with Crippen LogP contribution in [0, 0.1) is 11.3 Å². The topological polar surface area (TPSA) is 45.0 Å². The molecule has 3 nitrogen and oxygen atoms in total. The Labute approximate surface area is 132 Å². The molecule has 2 rings (SSSR count). The van der Waals surface area contributed by atoms with E-state index in [1.807, 2.05) is 18.2 Å². The first-order valence-corrected chi connectivity index (χ1v) is 8.85. The lowest BCUT2D eigenvalue weighted by Crippen LogP contribution is -2.20. The molecule has 1 aliphatic carbocycles. The Morgan fingerprint density at radius 3 is 2.86 bits per heavy atom. The van der Waals surface area contributed by atoms with Gasteiger partial charge in [0.1, 0.15) is 6.07 Å². The van der Waals surface area contributed by atoms with Gasteiger partial charge in [-0.1, -0.05) is 32.3 Å². The molecule has 0 radical (unpaired) electrons. The highest BCUT2D eigenvalue weighted by Gasteiger charge is 2.13. The van der Waals surface area contributed by atoms with Crippen LogP contribution in [0.5, 0.6) is 0 Å². The van der Waals surface area contributed by atoms with Crippen LogP contribution in [0.15, 0.2) is 23.1 Å². The van der Waals surface area contributed by atoms with Gasteiger partial charge in [-0.3, -0.25) is 0 Å². The minimum atomic E-state index is 0.443. The third kappa shape index (κ3) is 4.94. The third-order valence-electron chi connectivity index (χ3n) is 3.76. The summed E-state index contributed by atoms with van der Waals surface area (Å²) >= 11 is 1.71. The number of nitrogens with zero attached hydrogens (tertiary/aromatic N) is 1. The van der Waals surface area contributed by atoms with Crippen molar-refractivity contribution in [1.82, 2.24) is 0 Å². The lowest BCUT2D eigenvalue weighted by Gasteiger charge is -2.22. The van der Waals surface area contributed by atoms with E-state index in [0.29, 0.717) is 12.7 Å². The van der Waals surface area contributed by atoms with Crippen molar-refractivity contribution in [3.63, 3.8) is 0 Å². The highest BCUT2D eigenvalue weighted by molar-refractivity contribution is 7.99. The Morgan fingerprint density at radius 1 is 1.33 bits per heavy atom. The summed E-state index contributed by atoms with van der Waals surface area (Å²) in [4.78, 5) is 1.05. The molecule has 21 heavy (non-hydrogen) atoms. The van der Waals surface area contributed by atoms with Crippen LogP contribution in [0.25, 0.3) is 0 Å². The molecule has 1 fully saturated rings. The molecule has 0 unspecified atom stereocenters. The van der Waals surface area contributed by atoms with Crippen molar-refractivity contribution < 1.29 is 4.74 Å². The van der Waals surface area contributed by atoms with Gasteiger partial charge >= 0.3 is 0 Å². The van der Waals surface area contributed by atoms with E-state index in [-0.39, 0.29) is 0 Å². The molecular weight excluding hydrogens is 280 g/mol. The maximum atomic E-state index is 9.35. The van der Waals surface area contributed by atoms with E-state index in [4.69, 9.17) is 4.74 Å². The molecule has 0 aromatic heterocycles. The molecule has 4 heteroatoms. The first-order chi connectivity index (χ1) is 10.3. The van der Waals surface area contributed by atoms with Crippen LogP contribution in [0.1, 0.15) is 44.6 Å². The first kappa shape index (κ1) is 16.2. The molecule has 0 bridgehead atoms. The van der Waals surface area contributed by atoms with Crippen LogP contribution < -0.4 is 5.32 Å². The smallest absolute Gasteiger partial charge is 0.102 e. The molecule has 0 amide bonds. The van der Waals surface area contributed by atoms with Crippen molar-refractivity contribution in [2.75, 3.05) is 24.2 Å². The van der Waals surface area contributed by atoms with Crippen LogP contribution in [0.3, 0.4) is 0 Å². The van der Waals surface area contributed by atoms with Gasteiger partial charge < -0.3 is 10.1 Å². The van der Waals surface area contributed by atoms with Crippen molar-refractivity contribution in [2.45, 2.75) is 50.0 Å². The second-order valence-corrected chi connectivity index (χ2v) is 6.59. The van der Waals surface area contributed by atoms with Gasteiger partial charge in [0, 0.05) is 11.4 Å². The van der Waals surface area contributed by atoms with Gasteiger partial charge in [0.2, 0.25) is 0 Å². The Bertz CT molecular complexity index is 478. The highest BCUT2D eigenvalue weighted by Crippen LogP contribution is 2.27. The molecule has 1 aliphatic rings. The fourth-order valence-electron chi connectivity index (χ4n) is 2.71. The van der Waals surface area contributed by atoms with Gasteiger partial charge in [-0.2, -0.15) is 5.26 Å². The fourth-order valence-corrected chi connectivity index (χ4v) is 3.50. The molecule has 0 heterocycles. The zero-order chi connectivity index (χ0) is 14.9. The lowest BCUT2D eigenvalue weighted by atomic mass is 9.98. The Hall–Kier alpha value is -1.18. The maximum absolute atomic E-state index is 9.35. The van der Waals surface area contributed by atoms with E-state index in [2.05, 4.69) is 18.3 Å². The highest BCUT2D eigenvalue weighted by atomic mass is 32.2. The molecule has 114 valence electrons. The Morgan fingerprint density at radius 2 is 2.14 bits per heavy atom. The van der Waals surface area contributed by atoms with Crippen LogP contribution in [-0.2, 0) is 4.74 Å². The molecule has 0 atom stereocenters. The van der Waals surface area contributed by atoms with E-state index in [1.54, 1.807) is 11.8 Å². The van der Waals surface area contributed by atoms with Gasteiger partial charge in [-0.15, -0.1) is 11.8 Å². The average Bonchev–Trinajstić information content (AvgIpc) is 2.53. The van der Waals surface area contributed by atoms with E-state index in [0.717, 1.165) is 28.4 Å². The molecule has 1 saturated carbocycles. The maximum Gasteiger partial charge on any atom is 0.102 e. The van der Waals surface area contributed by atoms with Gasteiger partial charge in [0.15, 0.2) is 0 Å². The molecule has 0 aliphatic heterocycles. The third-order valence-corrected chi connectivity index (χ3v) is 4.70. The Kier molecular flexibility index (Phi) is 6.91. The molecular formula is C17H24N2OS. The van der Waals surface area contributed by atoms with Crippen molar-refractivity contribution in [3.8, 4) is 6.07 Å². The standard InChI is InChI=1S/C17H24N2OS/c1-2-21-17-10-6-9-16(15(17)13-18)19-11-12-20-14-7-4-3-5-8-14/h6,9-10,14,19H,2-5,7-8,11-12H2,1H3. The van der Waals surface area contributed by atoms with E-state index in [9.17, 15) is 5.26 Å². The van der Waals surface area contributed by atoms with Gasteiger partial charge in [-0.05, 0) is 30.7 Å². The fraction of sp³-hybridized carbons (Fsp3) is 0.588. The predicted molar refractivity (Wildman–Crippen MR) is 88.9 cm³/mol. The van der Waals surface area contributed by atoms with Crippen molar-refractivity contribution in [2.24, 2.45) is 0 Å². The number of nitrogens with one attached hydrogen (secondary N) is 1. The molecule has 1 aromatic carbocycles. The van der Waals surface area contributed by atoms with E-state index >= 15 is 0 Å².